The minimum absolute atomic E-state index is 0.242. The van der Waals surface area contributed by atoms with E-state index in [0.29, 0.717) is 34.2 Å². The molecular formula is C28H26N2O7. The Morgan fingerprint density at radius 1 is 0.811 bits per heavy atom. The highest BCUT2D eigenvalue weighted by Gasteiger charge is 2.52. The third kappa shape index (κ3) is 4.88. The van der Waals surface area contributed by atoms with Crippen LogP contribution in [0, 0.1) is 5.92 Å². The van der Waals surface area contributed by atoms with E-state index in [4.69, 9.17) is 14.2 Å². The van der Waals surface area contributed by atoms with Gasteiger partial charge in [-0.2, -0.15) is 0 Å². The second kappa shape index (κ2) is 10.5. The Hall–Kier alpha value is -4.66. The molecule has 190 valence electrons. The number of amides is 2. The standard InChI is InChI=1S/C28H26N2O7/c1-16(31)29-19-8-10-20(11-9-19)30-25(18-7-14-22(36-3)23(15-18)37-4)24(27(33)28(30)34)26(32)17-5-12-21(35-2)13-6-17/h5-15,24-25H,1-4H3,(H,29,31). The number of hydrogen-bond donors (Lipinski definition) is 1. The highest BCUT2D eigenvalue weighted by molar-refractivity contribution is 6.49. The number of Topliss-reactive ketones (excluding diaryl/α,β-unsaturated/α-hetero) is 2. The molecule has 1 fully saturated rings. The monoisotopic (exact) mass is 502 g/mol. The number of carbonyl (C=O) groups excluding carboxylic acids is 4. The van der Waals surface area contributed by atoms with Gasteiger partial charge in [0.05, 0.1) is 27.4 Å². The summed E-state index contributed by atoms with van der Waals surface area (Å²) in [6, 6.07) is 16.9. The molecular weight excluding hydrogens is 476 g/mol. The minimum Gasteiger partial charge on any atom is -0.497 e. The minimum atomic E-state index is -1.30. The molecule has 1 heterocycles. The topological polar surface area (TPSA) is 111 Å². The highest BCUT2D eigenvalue weighted by Crippen LogP contribution is 2.43. The van der Waals surface area contributed by atoms with Crippen LogP contribution in [0.15, 0.2) is 66.7 Å². The van der Waals surface area contributed by atoms with Crippen LogP contribution in [0.4, 0.5) is 11.4 Å². The Morgan fingerprint density at radius 3 is 2.03 bits per heavy atom. The summed E-state index contributed by atoms with van der Waals surface area (Å²) in [5.74, 6) is -2.23. The van der Waals surface area contributed by atoms with Crippen LogP contribution in [0.5, 0.6) is 17.2 Å². The lowest BCUT2D eigenvalue weighted by atomic mass is 9.86. The average Bonchev–Trinajstić information content (AvgIpc) is 3.18. The summed E-state index contributed by atoms with van der Waals surface area (Å²) in [6.07, 6.45) is 0. The number of methoxy groups -OCH3 is 3. The predicted octanol–water partition coefficient (Wildman–Crippen LogP) is 3.83. The molecule has 1 N–H and O–H groups in total. The number of ether oxygens (including phenoxy) is 3. The number of benzene rings is 3. The van der Waals surface area contributed by atoms with Gasteiger partial charge in [-0.25, -0.2) is 0 Å². The van der Waals surface area contributed by atoms with Crippen molar-refractivity contribution in [1.29, 1.82) is 0 Å². The largest absolute Gasteiger partial charge is 0.497 e. The first-order valence-electron chi connectivity index (χ1n) is 11.4. The van der Waals surface area contributed by atoms with Gasteiger partial charge in [0.25, 0.3) is 5.91 Å². The van der Waals surface area contributed by atoms with Gasteiger partial charge < -0.3 is 19.5 Å². The van der Waals surface area contributed by atoms with Crippen molar-refractivity contribution in [3.63, 3.8) is 0 Å². The molecule has 0 aromatic heterocycles. The van der Waals surface area contributed by atoms with E-state index in [1.165, 1.54) is 33.2 Å². The van der Waals surface area contributed by atoms with Gasteiger partial charge in [-0.05, 0) is 66.2 Å². The Kier molecular flexibility index (Phi) is 7.24. The van der Waals surface area contributed by atoms with Crippen molar-refractivity contribution in [1.82, 2.24) is 0 Å². The smallest absolute Gasteiger partial charge is 0.295 e. The van der Waals surface area contributed by atoms with Crippen molar-refractivity contribution in [3.8, 4) is 17.2 Å². The number of carbonyl (C=O) groups is 4. The molecule has 1 aliphatic heterocycles. The average molecular weight is 503 g/mol. The molecule has 3 aromatic carbocycles. The lowest BCUT2D eigenvalue weighted by Gasteiger charge is -2.28. The summed E-state index contributed by atoms with van der Waals surface area (Å²) >= 11 is 0. The molecule has 9 heteroatoms. The van der Waals surface area contributed by atoms with Crippen molar-refractivity contribution in [2.75, 3.05) is 31.5 Å². The molecule has 2 amide bonds. The molecule has 0 spiro atoms. The van der Waals surface area contributed by atoms with E-state index in [0.717, 1.165) is 0 Å². The van der Waals surface area contributed by atoms with Crippen molar-refractivity contribution in [2.24, 2.45) is 5.92 Å². The zero-order valence-corrected chi connectivity index (χ0v) is 20.8. The Labute approximate surface area is 213 Å². The Morgan fingerprint density at radius 2 is 1.46 bits per heavy atom. The fraction of sp³-hybridized carbons (Fsp3) is 0.214. The lowest BCUT2D eigenvalue weighted by molar-refractivity contribution is -0.135. The maximum absolute atomic E-state index is 13.7. The lowest BCUT2D eigenvalue weighted by Crippen LogP contribution is -2.30. The Balaban J connectivity index is 1.83. The zero-order chi connectivity index (χ0) is 26.7. The predicted molar refractivity (Wildman–Crippen MR) is 136 cm³/mol. The second-order valence-electron chi connectivity index (χ2n) is 8.40. The summed E-state index contributed by atoms with van der Waals surface area (Å²) in [6.45, 7) is 1.39. The van der Waals surface area contributed by atoms with Gasteiger partial charge in [-0.1, -0.05) is 6.07 Å². The number of ketones is 2. The molecule has 9 nitrogen and oxygen atoms in total. The molecule has 0 saturated carbocycles. The normalized spacial score (nSPS) is 16.9. The van der Waals surface area contributed by atoms with Crippen LogP contribution in [-0.2, 0) is 14.4 Å². The van der Waals surface area contributed by atoms with Crippen LogP contribution in [-0.4, -0.2) is 44.7 Å². The number of anilines is 2. The van der Waals surface area contributed by atoms with Gasteiger partial charge >= 0.3 is 0 Å². The van der Waals surface area contributed by atoms with Crippen LogP contribution < -0.4 is 24.4 Å². The van der Waals surface area contributed by atoms with Gasteiger partial charge in [0, 0.05) is 23.9 Å². The summed E-state index contributed by atoms with van der Waals surface area (Å²) in [5, 5.41) is 2.67. The summed E-state index contributed by atoms with van der Waals surface area (Å²) in [4.78, 5) is 53.1. The number of hydrogen-bond acceptors (Lipinski definition) is 7. The van der Waals surface area contributed by atoms with E-state index in [9.17, 15) is 19.2 Å². The van der Waals surface area contributed by atoms with Crippen LogP contribution in [0.3, 0.4) is 0 Å². The first kappa shape index (κ1) is 25.4. The first-order valence-corrected chi connectivity index (χ1v) is 11.4. The first-order chi connectivity index (χ1) is 17.8. The van der Waals surface area contributed by atoms with Gasteiger partial charge in [-0.3, -0.25) is 24.1 Å². The summed E-state index contributed by atoms with van der Waals surface area (Å²) < 4.78 is 15.9. The van der Waals surface area contributed by atoms with E-state index in [2.05, 4.69) is 5.32 Å². The van der Waals surface area contributed by atoms with E-state index < -0.39 is 29.4 Å². The van der Waals surface area contributed by atoms with Crippen molar-refractivity contribution < 1.29 is 33.4 Å². The van der Waals surface area contributed by atoms with Gasteiger partial charge in [0.15, 0.2) is 17.3 Å². The fourth-order valence-electron chi connectivity index (χ4n) is 4.43. The van der Waals surface area contributed by atoms with Crippen LogP contribution in [0.1, 0.15) is 28.9 Å². The quantitative estimate of drug-likeness (QED) is 0.283. The van der Waals surface area contributed by atoms with Gasteiger partial charge in [0.1, 0.15) is 11.7 Å². The summed E-state index contributed by atoms with van der Waals surface area (Å²) in [7, 11) is 4.49. The van der Waals surface area contributed by atoms with E-state index in [1.54, 1.807) is 66.7 Å². The third-order valence-electron chi connectivity index (χ3n) is 6.18. The molecule has 0 radical (unpaired) electrons. The molecule has 1 aliphatic rings. The highest BCUT2D eigenvalue weighted by atomic mass is 16.5. The summed E-state index contributed by atoms with van der Waals surface area (Å²) in [5.41, 5.74) is 1.73. The van der Waals surface area contributed by atoms with Crippen molar-refractivity contribution in [2.45, 2.75) is 13.0 Å². The van der Waals surface area contributed by atoms with Crippen molar-refractivity contribution >= 4 is 34.8 Å². The van der Waals surface area contributed by atoms with Crippen molar-refractivity contribution in [3.05, 3.63) is 77.9 Å². The SMILES string of the molecule is COc1ccc(C(=O)C2C(=O)C(=O)N(c3ccc(NC(C)=O)cc3)C2c2ccc(OC)c(OC)c2)cc1. The molecule has 37 heavy (non-hydrogen) atoms. The number of rotatable bonds is 8. The number of nitrogens with one attached hydrogen (secondary N) is 1. The molecule has 4 rings (SSSR count). The van der Waals surface area contributed by atoms with Crippen LogP contribution >= 0.6 is 0 Å². The number of nitrogens with zero attached hydrogens (tertiary/aromatic N) is 1. The fourth-order valence-corrected chi connectivity index (χ4v) is 4.43. The van der Waals surface area contributed by atoms with E-state index >= 15 is 0 Å². The maximum atomic E-state index is 13.7. The van der Waals surface area contributed by atoms with E-state index in [1.807, 2.05) is 0 Å². The maximum Gasteiger partial charge on any atom is 0.295 e. The third-order valence-corrected chi connectivity index (χ3v) is 6.18. The van der Waals surface area contributed by atoms with Crippen LogP contribution in [0.2, 0.25) is 0 Å². The molecule has 2 unspecified atom stereocenters. The molecule has 3 aromatic rings. The van der Waals surface area contributed by atoms with Gasteiger partial charge in [0.2, 0.25) is 11.7 Å². The molecule has 1 saturated heterocycles. The van der Waals surface area contributed by atoms with E-state index in [-0.39, 0.29) is 11.5 Å². The zero-order valence-electron chi connectivity index (χ0n) is 20.8. The molecule has 2 atom stereocenters. The molecule has 0 bridgehead atoms. The van der Waals surface area contributed by atoms with Gasteiger partial charge in [-0.15, -0.1) is 0 Å². The second-order valence-corrected chi connectivity index (χ2v) is 8.40. The Bertz CT molecular complexity index is 1350. The molecule has 0 aliphatic carbocycles. The van der Waals surface area contributed by atoms with Crippen LogP contribution in [0.25, 0.3) is 0 Å².